The zero-order valence-corrected chi connectivity index (χ0v) is 9.47. The van der Waals surface area contributed by atoms with E-state index in [1.807, 2.05) is 0 Å². The van der Waals surface area contributed by atoms with Crippen molar-refractivity contribution >= 4 is 11.7 Å². The Morgan fingerprint density at radius 2 is 2.24 bits per heavy atom. The predicted octanol–water partition coefficient (Wildman–Crippen LogP) is 1.91. The number of carboxylic acid groups (broad SMARTS) is 1. The smallest absolute Gasteiger partial charge is 0.303 e. The molecule has 5 heteroatoms. The summed E-state index contributed by atoms with van der Waals surface area (Å²) in [5.74, 6) is -0.969. The van der Waals surface area contributed by atoms with Crippen LogP contribution < -0.4 is 4.90 Å². The maximum atomic E-state index is 13.0. The van der Waals surface area contributed by atoms with Gasteiger partial charge in [0.1, 0.15) is 0 Å². The molecule has 0 bridgehead atoms. The largest absolute Gasteiger partial charge is 0.481 e. The van der Waals surface area contributed by atoms with Crippen molar-refractivity contribution in [3.63, 3.8) is 0 Å². The lowest BCUT2D eigenvalue weighted by Crippen LogP contribution is -2.34. The highest BCUT2D eigenvalue weighted by Gasteiger charge is 2.21. The lowest BCUT2D eigenvalue weighted by atomic mass is 9.93. The molecule has 1 saturated heterocycles. The SMILES string of the molecule is O=C(O)CC1CCN(c2ccnc(F)c2)CC1. The van der Waals surface area contributed by atoms with Crippen LogP contribution in [0.5, 0.6) is 0 Å². The first-order valence-corrected chi connectivity index (χ1v) is 5.73. The summed E-state index contributed by atoms with van der Waals surface area (Å²) in [6.45, 7) is 1.56. The molecule has 1 N–H and O–H groups in total. The second-order valence-corrected chi connectivity index (χ2v) is 4.37. The number of rotatable bonds is 3. The first kappa shape index (κ1) is 11.8. The molecule has 0 aromatic carbocycles. The Hall–Kier alpha value is -1.65. The van der Waals surface area contributed by atoms with Gasteiger partial charge in [-0.1, -0.05) is 0 Å². The van der Waals surface area contributed by atoms with Gasteiger partial charge in [-0.05, 0) is 24.8 Å². The number of aliphatic carboxylic acids is 1. The number of hydrogen-bond donors (Lipinski definition) is 1. The highest BCUT2D eigenvalue weighted by atomic mass is 19.1. The second kappa shape index (κ2) is 5.12. The van der Waals surface area contributed by atoms with E-state index in [2.05, 4.69) is 9.88 Å². The van der Waals surface area contributed by atoms with Crippen LogP contribution >= 0.6 is 0 Å². The van der Waals surface area contributed by atoms with E-state index in [0.29, 0.717) is 0 Å². The first-order valence-electron chi connectivity index (χ1n) is 5.73. The topological polar surface area (TPSA) is 53.4 Å². The Bertz CT molecular complexity index is 403. The van der Waals surface area contributed by atoms with E-state index in [4.69, 9.17) is 5.11 Å². The number of halogens is 1. The lowest BCUT2D eigenvalue weighted by Gasteiger charge is -2.32. The van der Waals surface area contributed by atoms with Gasteiger partial charge in [0.2, 0.25) is 5.95 Å². The van der Waals surface area contributed by atoms with E-state index >= 15 is 0 Å². The Balaban J connectivity index is 1.93. The van der Waals surface area contributed by atoms with Crippen LogP contribution in [0.1, 0.15) is 19.3 Å². The Morgan fingerprint density at radius 1 is 1.53 bits per heavy atom. The molecule has 0 aliphatic carbocycles. The highest BCUT2D eigenvalue weighted by Crippen LogP contribution is 2.25. The Morgan fingerprint density at radius 3 is 2.82 bits per heavy atom. The molecule has 1 fully saturated rings. The number of carbonyl (C=O) groups is 1. The second-order valence-electron chi connectivity index (χ2n) is 4.37. The van der Waals surface area contributed by atoms with Gasteiger partial charge in [0.05, 0.1) is 0 Å². The Kier molecular flexibility index (Phi) is 3.56. The van der Waals surface area contributed by atoms with E-state index in [1.165, 1.54) is 12.3 Å². The van der Waals surface area contributed by atoms with Crippen molar-refractivity contribution in [3.05, 3.63) is 24.3 Å². The standard InChI is InChI=1S/C12H15FN2O2/c13-11-8-10(1-4-14-11)15-5-2-9(3-6-15)7-12(16)17/h1,4,8-9H,2-3,5-7H2,(H,16,17). The number of carboxylic acids is 1. The van der Waals surface area contributed by atoms with E-state index in [0.717, 1.165) is 31.6 Å². The van der Waals surface area contributed by atoms with Crippen LogP contribution in [0.4, 0.5) is 10.1 Å². The molecule has 0 spiro atoms. The lowest BCUT2D eigenvalue weighted by molar-refractivity contribution is -0.138. The van der Waals surface area contributed by atoms with Crippen molar-refractivity contribution < 1.29 is 14.3 Å². The quantitative estimate of drug-likeness (QED) is 0.817. The average molecular weight is 238 g/mol. The van der Waals surface area contributed by atoms with Crippen molar-refractivity contribution in [1.29, 1.82) is 0 Å². The van der Waals surface area contributed by atoms with E-state index in [1.54, 1.807) is 6.07 Å². The van der Waals surface area contributed by atoms with Crippen molar-refractivity contribution in [2.45, 2.75) is 19.3 Å². The zero-order valence-electron chi connectivity index (χ0n) is 9.47. The fourth-order valence-electron chi connectivity index (χ4n) is 2.23. The molecule has 0 amide bonds. The summed E-state index contributed by atoms with van der Waals surface area (Å²) in [6.07, 6.45) is 3.37. The van der Waals surface area contributed by atoms with Crippen LogP contribution in [0.2, 0.25) is 0 Å². The third-order valence-corrected chi connectivity index (χ3v) is 3.15. The molecule has 4 nitrogen and oxygen atoms in total. The van der Waals surface area contributed by atoms with Gasteiger partial charge in [-0.3, -0.25) is 4.79 Å². The molecule has 0 atom stereocenters. The van der Waals surface area contributed by atoms with E-state index in [9.17, 15) is 9.18 Å². The molecule has 0 radical (unpaired) electrons. The molecule has 1 aromatic heterocycles. The molecule has 0 saturated carbocycles. The summed E-state index contributed by atoms with van der Waals surface area (Å²) >= 11 is 0. The van der Waals surface area contributed by atoms with Crippen molar-refractivity contribution in [2.24, 2.45) is 5.92 Å². The van der Waals surface area contributed by atoms with Gasteiger partial charge in [0, 0.05) is 37.5 Å². The molecule has 2 heterocycles. The summed E-state index contributed by atoms with van der Waals surface area (Å²) in [5, 5.41) is 8.71. The molecule has 1 aliphatic heterocycles. The van der Waals surface area contributed by atoms with Crippen LogP contribution in [-0.2, 0) is 4.79 Å². The van der Waals surface area contributed by atoms with Crippen LogP contribution in [0, 0.1) is 11.9 Å². The van der Waals surface area contributed by atoms with E-state index < -0.39 is 11.9 Å². The number of piperidine rings is 1. The summed E-state index contributed by atoms with van der Waals surface area (Å²) in [5.41, 5.74) is 0.825. The van der Waals surface area contributed by atoms with Gasteiger partial charge in [0.15, 0.2) is 0 Å². The minimum Gasteiger partial charge on any atom is -0.481 e. The van der Waals surface area contributed by atoms with Crippen LogP contribution in [0.25, 0.3) is 0 Å². The monoisotopic (exact) mass is 238 g/mol. The summed E-state index contributed by atoms with van der Waals surface area (Å²) < 4.78 is 13.0. The van der Waals surface area contributed by atoms with Gasteiger partial charge in [-0.15, -0.1) is 0 Å². The number of anilines is 1. The van der Waals surface area contributed by atoms with Gasteiger partial charge in [0.25, 0.3) is 0 Å². The van der Waals surface area contributed by atoms with Crippen molar-refractivity contribution in [1.82, 2.24) is 4.98 Å². The summed E-state index contributed by atoms with van der Waals surface area (Å²) in [4.78, 5) is 16.2. The minimum atomic E-state index is -0.738. The van der Waals surface area contributed by atoms with E-state index in [-0.39, 0.29) is 12.3 Å². The average Bonchev–Trinajstić information content (AvgIpc) is 2.29. The molecule has 92 valence electrons. The minimum absolute atomic E-state index is 0.235. The maximum absolute atomic E-state index is 13.0. The number of aromatic nitrogens is 1. The normalized spacial score (nSPS) is 17.1. The molecule has 2 rings (SSSR count). The highest BCUT2D eigenvalue weighted by molar-refractivity contribution is 5.67. The third-order valence-electron chi connectivity index (χ3n) is 3.15. The summed E-state index contributed by atoms with van der Waals surface area (Å²) in [6, 6.07) is 3.19. The van der Waals surface area contributed by atoms with Gasteiger partial charge in [-0.25, -0.2) is 4.98 Å². The van der Waals surface area contributed by atoms with Crippen LogP contribution in [-0.4, -0.2) is 29.1 Å². The number of hydrogen-bond acceptors (Lipinski definition) is 3. The molecule has 1 aliphatic rings. The van der Waals surface area contributed by atoms with Gasteiger partial charge < -0.3 is 10.0 Å². The fourth-order valence-corrected chi connectivity index (χ4v) is 2.23. The van der Waals surface area contributed by atoms with Crippen molar-refractivity contribution in [2.75, 3.05) is 18.0 Å². The zero-order chi connectivity index (χ0) is 12.3. The summed E-state index contributed by atoms with van der Waals surface area (Å²) in [7, 11) is 0. The number of pyridine rings is 1. The predicted molar refractivity (Wildman–Crippen MR) is 61.4 cm³/mol. The third kappa shape index (κ3) is 3.15. The molecule has 1 aromatic rings. The van der Waals surface area contributed by atoms with Gasteiger partial charge >= 0.3 is 5.97 Å². The molecule has 0 unspecified atom stereocenters. The molecular weight excluding hydrogens is 223 g/mol. The fraction of sp³-hybridized carbons (Fsp3) is 0.500. The first-order chi connectivity index (χ1) is 8.15. The molecular formula is C12H15FN2O2. The van der Waals surface area contributed by atoms with Crippen LogP contribution in [0.15, 0.2) is 18.3 Å². The Labute approximate surface area is 99.1 Å². The molecule has 17 heavy (non-hydrogen) atoms. The number of nitrogens with zero attached hydrogens (tertiary/aromatic N) is 2. The van der Waals surface area contributed by atoms with Gasteiger partial charge in [-0.2, -0.15) is 4.39 Å². The van der Waals surface area contributed by atoms with Crippen LogP contribution in [0.3, 0.4) is 0 Å². The van der Waals surface area contributed by atoms with Crippen molar-refractivity contribution in [3.8, 4) is 0 Å². The maximum Gasteiger partial charge on any atom is 0.303 e.